The van der Waals surface area contributed by atoms with Gasteiger partial charge in [0, 0.05) is 5.69 Å². The molecule has 0 saturated carbocycles. The Balaban J connectivity index is 2.38. The Morgan fingerprint density at radius 3 is 3.08 bits per heavy atom. The van der Waals surface area contributed by atoms with Crippen LogP contribution < -0.4 is 5.32 Å². The van der Waals surface area contributed by atoms with Crippen LogP contribution >= 0.6 is 11.6 Å². The van der Waals surface area contributed by atoms with Gasteiger partial charge in [-0.05, 0) is 13.0 Å². The van der Waals surface area contributed by atoms with E-state index in [9.17, 15) is 4.79 Å². The third-order valence-corrected chi connectivity index (χ3v) is 1.59. The summed E-state index contributed by atoms with van der Waals surface area (Å²) < 4.78 is 0. The third kappa shape index (κ3) is 2.54. The van der Waals surface area contributed by atoms with Crippen LogP contribution in [0.15, 0.2) is 6.07 Å². The van der Waals surface area contributed by atoms with Crippen LogP contribution in [-0.2, 0) is 11.3 Å². The Morgan fingerprint density at radius 2 is 2.58 bits per heavy atom. The third-order valence-electron chi connectivity index (χ3n) is 1.35. The normalized spacial score (nSPS) is 9.83. The first-order valence-electron chi connectivity index (χ1n) is 3.56. The lowest BCUT2D eigenvalue weighted by Gasteiger charge is -1.97. The molecule has 1 aromatic heterocycles. The van der Waals surface area contributed by atoms with Crippen molar-refractivity contribution < 1.29 is 4.79 Å². The van der Waals surface area contributed by atoms with Crippen LogP contribution in [0, 0.1) is 6.92 Å². The number of hydrogen-bond donors (Lipinski definition) is 2. The molecular weight excluding hydrogens is 178 g/mol. The molecule has 5 heteroatoms. The number of alkyl halides is 1. The summed E-state index contributed by atoms with van der Waals surface area (Å²) in [6.07, 6.45) is 0. The molecule has 0 aliphatic rings. The van der Waals surface area contributed by atoms with Crippen molar-refractivity contribution in [2.45, 2.75) is 13.5 Å². The first-order chi connectivity index (χ1) is 5.72. The number of H-pyrrole nitrogens is 1. The van der Waals surface area contributed by atoms with E-state index in [0.717, 1.165) is 11.4 Å². The molecule has 0 fully saturated rings. The van der Waals surface area contributed by atoms with Crippen molar-refractivity contribution in [1.29, 1.82) is 0 Å². The van der Waals surface area contributed by atoms with Gasteiger partial charge in [0.2, 0.25) is 5.91 Å². The van der Waals surface area contributed by atoms with Gasteiger partial charge in [-0.15, -0.1) is 11.6 Å². The highest BCUT2D eigenvalue weighted by atomic mass is 35.5. The minimum absolute atomic E-state index is 0.0105. The molecule has 0 radical (unpaired) electrons. The largest absolute Gasteiger partial charge is 0.349 e. The number of carbonyl (C=O) groups is 1. The molecule has 0 atom stereocenters. The van der Waals surface area contributed by atoms with Gasteiger partial charge in [-0.1, -0.05) is 0 Å². The summed E-state index contributed by atoms with van der Waals surface area (Å²) in [6, 6.07) is 1.87. The maximum absolute atomic E-state index is 10.7. The van der Waals surface area contributed by atoms with E-state index in [1.807, 2.05) is 13.0 Å². The van der Waals surface area contributed by atoms with Gasteiger partial charge < -0.3 is 5.32 Å². The molecule has 0 saturated heterocycles. The molecule has 0 bridgehead atoms. The number of aromatic amines is 1. The molecule has 1 rings (SSSR count). The van der Waals surface area contributed by atoms with E-state index in [1.165, 1.54) is 0 Å². The molecule has 1 amide bonds. The van der Waals surface area contributed by atoms with Crippen molar-refractivity contribution in [3.8, 4) is 0 Å². The zero-order valence-corrected chi connectivity index (χ0v) is 7.48. The lowest BCUT2D eigenvalue weighted by atomic mass is 10.4. The van der Waals surface area contributed by atoms with Crippen LogP contribution in [0.1, 0.15) is 11.4 Å². The maximum atomic E-state index is 10.7. The minimum atomic E-state index is -0.183. The molecule has 1 aromatic rings. The van der Waals surface area contributed by atoms with Gasteiger partial charge in [-0.3, -0.25) is 9.89 Å². The van der Waals surface area contributed by atoms with Gasteiger partial charge in [-0.25, -0.2) is 0 Å². The molecule has 0 spiro atoms. The number of rotatable bonds is 3. The van der Waals surface area contributed by atoms with Crippen LogP contribution in [0.5, 0.6) is 0 Å². The maximum Gasteiger partial charge on any atom is 0.235 e. The Labute approximate surface area is 75.3 Å². The molecular formula is C7H10ClN3O. The second-order valence-corrected chi connectivity index (χ2v) is 2.72. The molecule has 0 unspecified atom stereocenters. The predicted octanol–water partition coefficient (Wildman–Crippen LogP) is 0.573. The second kappa shape index (κ2) is 4.11. The summed E-state index contributed by atoms with van der Waals surface area (Å²) in [5.74, 6) is -0.194. The van der Waals surface area contributed by atoms with Gasteiger partial charge in [0.15, 0.2) is 0 Å². The first kappa shape index (κ1) is 9.06. The number of hydrogen-bond acceptors (Lipinski definition) is 2. The number of nitrogens with zero attached hydrogens (tertiary/aromatic N) is 1. The summed E-state index contributed by atoms with van der Waals surface area (Å²) >= 11 is 5.28. The lowest BCUT2D eigenvalue weighted by molar-refractivity contribution is -0.118. The Kier molecular flexibility index (Phi) is 3.10. The van der Waals surface area contributed by atoms with Crippen molar-refractivity contribution in [1.82, 2.24) is 15.5 Å². The highest BCUT2D eigenvalue weighted by Gasteiger charge is 2.00. The van der Waals surface area contributed by atoms with E-state index >= 15 is 0 Å². The van der Waals surface area contributed by atoms with E-state index in [1.54, 1.807) is 0 Å². The van der Waals surface area contributed by atoms with Crippen LogP contribution in [0.3, 0.4) is 0 Å². The summed E-state index contributed by atoms with van der Waals surface area (Å²) in [5, 5.41) is 9.32. The standard InChI is InChI=1S/C7H10ClN3O/c1-5-2-6(11-10-5)4-9-7(12)3-8/h2H,3-4H2,1H3,(H,9,12)(H,10,11). The average Bonchev–Trinajstić information content (AvgIpc) is 2.47. The van der Waals surface area contributed by atoms with Crippen LogP contribution in [0.4, 0.5) is 0 Å². The highest BCUT2D eigenvalue weighted by molar-refractivity contribution is 6.27. The molecule has 4 nitrogen and oxygen atoms in total. The first-order valence-corrected chi connectivity index (χ1v) is 4.09. The van der Waals surface area contributed by atoms with E-state index in [-0.39, 0.29) is 11.8 Å². The number of carbonyl (C=O) groups excluding carboxylic acids is 1. The van der Waals surface area contributed by atoms with Gasteiger partial charge in [0.05, 0.1) is 12.2 Å². The Morgan fingerprint density at radius 1 is 1.83 bits per heavy atom. The number of nitrogens with one attached hydrogen (secondary N) is 2. The quantitative estimate of drug-likeness (QED) is 0.680. The fourth-order valence-electron chi connectivity index (χ4n) is 0.801. The summed E-state index contributed by atoms with van der Waals surface area (Å²) in [4.78, 5) is 10.7. The van der Waals surface area contributed by atoms with Crippen LogP contribution in [0.25, 0.3) is 0 Å². The van der Waals surface area contributed by atoms with Crippen LogP contribution in [0.2, 0.25) is 0 Å². The fraction of sp³-hybridized carbons (Fsp3) is 0.429. The van der Waals surface area contributed by atoms with Gasteiger partial charge in [0.1, 0.15) is 5.88 Å². The number of aryl methyl sites for hydroxylation is 1. The van der Waals surface area contributed by atoms with E-state index in [4.69, 9.17) is 11.6 Å². The topological polar surface area (TPSA) is 57.8 Å². The van der Waals surface area contributed by atoms with Gasteiger partial charge in [0.25, 0.3) is 0 Å². The lowest BCUT2D eigenvalue weighted by Crippen LogP contribution is -2.23. The molecule has 66 valence electrons. The molecule has 0 aromatic carbocycles. The number of halogens is 1. The Hall–Kier alpha value is -1.03. The van der Waals surface area contributed by atoms with Crippen molar-refractivity contribution in [2.24, 2.45) is 0 Å². The van der Waals surface area contributed by atoms with E-state index in [0.29, 0.717) is 6.54 Å². The highest BCUT2D eigenvalue weighted by Crippen LogP contribution is 1.96. The van der Waals surface area contributed by atoms with Crippen molar-refractivity contribution in [3.05, 3.63) is 17.5 Å². The van der Waals surface area contributed by atoms with Crippen molar-refractivity contribution in [2.75, 3.05) is 5.88 Å². The fourth-order valence-corrected chi connectivity index (χ4v) is 0.896. The molecule has 0 aliphatic heterocycles. The van der Waals surface area contributed by atoms with E-state index < -0.39 is 0 Å². The smallest absolute Gasteiger partial charge is 0.235 e. The molecule has 2 N–H and O–H groups in total. The SMILES string of the molecule is Cc1cc(CNC(=O)CCl)n[nH]1. The molecule has 0 aliphatic carbocycles. The molecule has 1 heterocycles. The molecule has 12 heavy (non-hydrogen) atoms. The van der Waals surface area contributed by atoms with E-state index in [2.05, 4.69) is 15.5 Å². The monoisotopic (exact) mass is 187 g/mol. The van der Waals surface area contributed by atoms with Gasteiger partial charge in [-0.2, -0.15) is 5.10 Å². The Bertz CT molecular complexity index is 271. The second-order valence-electron chi connectivity index (χ2n) is 2.45. The average molecular weight is 188 g/mol. The van der Waals surface area contributed by atoms with Crippen molar-refractivity contribution >= 4 is 17.5 Å². The van der Waals surface area contributed by atoms with Crippen molar-refractivity contribution in [3.63, 3.8) is 0 Å². The van der Waals surface area contributed by atoms with Gasteiger partial charge >= 0.3 is 0 Å². The zero-order chi connectivity index (χ0) is 8.97. The summed E-state index contributed by atoms with van der Waals surface area (Å²) in [5.41, 5.74) is 1.79. The van der Waals surface area contributed by atoms with Crippen LogP contribution in [-0.4, -0.2) is 22.0 Å². The summed E-state index contributed by atoms with van der Waals surface area (Å²) in [7, 11) is 0. The minimum Gasteiger partial charge on any atom is -0.349 e. The zero-order valence-electron chi connectivity index (χ0n) is 6.72. The number of aromatic nitrogens is 2. The predicted molar refractivity (Wildman–Crippen MR) is 45.9 cm³/mol. The summed E-state index contributed by atoms with van der Waals surface area (Å²) in [6.45, 7) is 2.33. The number of amides is 1.